The zero-order valence-corrected chi connectivity index (χ0v) is 14.4. The number of piperidine rings is 1. The maximum Gasteiger partial charge on any atom is 0.0794 e. The fourth-order valence-electron chi connectivity index (χ4n) is 3.77. The fraction of sp³-hybridized carbons (Fsp3) is 0.421. The lowest BCUT2D eigenvalue weighted by atomic mass is 9.94. The molecule has 0 aliphatic carbocycles. The molecular weight excluding hydrogens is 302 g/mol. The van der Waals surface area contributed by atoms with Crippen molar-refractivity contribution in [3.05, 3.63) is 52.1 Å². The van der Waals surface area contributed by atoms with Crippen LogP contribution in [0.4, 0.5) is 0 Å². The number of likely N-dealkylation sites (tertiary alicyclic amines) is 1. The topological polar surface area (TPSA) is 31.9 Å². The van der Waals surface area contributed by atoms with E-state index < -0.39 is 0 Å². The van der Waals surface area contributed by atoms with Gasteiger partial charge in [-0.1, -0.05) is 25.1 Å². The summed E-state index contributed by atoms with van der Waals surface area (Å²) in [6.45, 7) is 5.65. The summed E-state index contributed by atoms with van der Waals surface area (Å²) < 4.78 is 0. The Morgan fingerprint density at radius 1 is 1.26 bits per heavy atom. The van der Waals surface area contributed by atoms with Gasteiger partial charge < -0.3 is 4.98 Å². The van der Waals surface area contributed by atoms with E-state index in [1.807, 2.05) is 5.51 Å². The minimum Gasteiger partial charge on any atom is -0.358 e. The summed E-state index contributed by atoms with van der Waals surface area (Å²) in [5.74, 6) is 0.658. The third-order valence-electron chi connectivity index (χ3n) is 5.09. The van der Waals surface area contributed by atoms with E-state index in [2.05, 4.69) is 51.4 Å². The first-order valence-electron chi connectivity index (χ1n) is 8.54. The van der Waals surface area contributed by atoms with E-state index in [0.29, 0.717) is 5.92 Å². The largest absolute Gasteiger partial charge is 0.358 e. The van der Waals surface area contributed by atoms with Gasteiger partial charge in [0.25, 0.3) is 0 Å². The molecular formula is C19H23N3S. The first-order valence-corrected chi connectivity index (χ1v) is 9.48. The van der Waals surface area contributed by atoms with Crippen LogP contribution < -0.4 is 0 Å². The molecule has 4 rings (SSSR count). The zero-order valence-electron chi connectivity index (χ0n) is 13.6. The molecule has 23 heavy (non-hydrogen) atoms. The van der Waals surface area contributed by atoms with Crippen LogP contribution in [0.25, 0.3) is 10.9 Å². The highest BCUT2D eigenvalue weighted by molar-refractivity contribution is 7.07. The lowest BCUT2D eigenvalue weighted by Crippen LogP contribution is -2.32. The van der Waals surface area contributed by atoms with Crippen molar-refractivity contribution >= 4 is 22.2 Å². The molecule has 0 saturated carbocycles. The number of fused-ring (bicyclic) bond motifs is 1. The van der Waals surface area contributed by atoms with Crippen LogP contribution in [0.1, 0.15) is 42.6 Å². The van der Waals surface area contributed by atoms with Gasteiger partial charge in [0.2, 0.25) is 0 Å². The van der Waals surface area contributed by atoms with Gasteiger partial charge in [-0.05, 0) is 44.0 Å². The minimum absolute atomic E-state index is 0.658. The Morgan fingerprint density at radius 3 is 2.83 bits per heavy atom. The Morgan fingerprint density at radius 2 is 2.09 bits per heavy atom. The molecule has 2 aromatic heterocycles. The van der Waals surface area contributed by atoms with Gasteiger partial charge in [0.05, 0.1) is 11.2 Å². The predicted octanol–water partition coefficient (Wildman–Crippen LogP) is 4.57. The van der Waals surface area contributed by atoms with Crippen LogP contribution in [-0.2, 0) is 13.0 Å². The number of nitrogens with zero attached hydrogens (tertiary/aromatic N) is 2. The summed E-state index contributed by atoms with van der Waals surface area (Å²) in [6.07, 6.45) is 3.53. The van der Waals surface area contributed by atoms with E-state index in [1.54, 1.807) is 11.3 Å². The summed E-state index contributed by atoms with van der Waals surface area (Å²) in [7, 11) is 0. The number of thiazole rings is 1. The van der Waals surface area contributed by atoms with Crippen LogP contribution in [-0.4, -0.2) is 28.0 Å². The minimum atomic E-state index is 0.658. The Bertz CT molecular complexity index is 767. The first kappa shape index (κ1) is 14.9. The number of H-pyrrole nitrogens is 1. The highest BCUT2D eigenvalue weighted by Gasteiger charge is 2.23. The summed E-state index contributed by atoms with van der Waals surface area (Å²) in [4.78, 5) is 10.7. The summed E-state index contributed by atoms with van der Waals surface area (Å²) in [5.41, 5.74) is 7.43. The molecule has 1 N–H and O–H groups in total. The van der Waals surface area contributed by atoms with Gasteiger partial charge in [0.15, 0.2) is 0 Å². The molecule has 1 saturated heterocycles. The van der Waals surface area contributed by atoms with Crippen LogP contribution in [0.3, 0.4) is 0 Å². The first-order chi connectivity index (χ1) is 11.3. The second kappa shape index (κ2) is 6.46. The van der Waals surface area contributed by atoms with E-state index in [9.17, 15) is 0 Å². The van der Waals surface area contributed by atoms with Gasteiger partial charge in [-0.25, -0.2) is 4.98 Å². The number of nitrogens with one attached hydrogen (secondary N) is 1. The molecule has 1 aliphatic heterocycles. The third-order valence-corrected chi connectivity index (χ3v) is 5.70. The standard InChI is InChI=1S/C19H23N3S/c1-2-17-16(15-5-3-4-6-18(15)21-17)11-22-9-7-14(8-10-22)19-12-23-13-20-19/h3-6,12-14,21H,2,7-11H2,1H3. The summed E-state index contributed by atoms with van der Waals surface area (Å²) in [5, 5.41) is 3.61. The lowest BCUT2D eigenvalue weighted by molar-refractivity contribution is 0.203. The van der Waals surface area contributed by atoms with Crippen molar-refractivity contribution in [3.8, 4) is 0 Å². The second-order valence-electron chi connectivity index (χ2n) is 6.44. The van der Waals surface area contributed by atoms with E-state index in [0.717, 1.165) is 13.0 Å². The predicted molar refractivity (Wildman–Crippen MR) is 97.0 cm³/mol. The Hall–Kier alpha value is -1.65. The number of rotatable bonds is 4. The van der Waals surface area contributed by atoms with Crippen molar-refractivity contribution in [3.63, 3.8) is 0 Å². The van der Waals surface area contributed by atoms with Gasteiger partial charge >= 0.3 is 0 Å². The van der Waals surface area contributed by atoms with Crippen LogP contribution in [0.15, 0.2) is 35.2 Å². The van der Waals surface area contributed by atoms with Crippen molar-refractivity contribution < 1.29 is 0 Å². The molecule has 1 fully saturated rings. The average Bonchev–Trinajstić information content (AvgIpc) is 3.24. The number of hydrogen-bond donors (Lipinski definition) is 1. The number of para-hydroxylation sites is 1. The van der Waals surface area contributed by atoms with E-state index in [-0.39, 0.29) is 0 Å². The third kappa shape index (κ3) is 2.93. The normalized spacial score (nSPS) is 17.1. The van der Waals surface area contributed by atoms with Gasteiger partial charge in [-0.15, -0.1) is 11.3 Å². The molecule has 0 amide bonds. The highest BCUT2D eigenvalue weighted by atomic mass is 32.1. The molecule has 0 spiro atoms. The van der Waals surface area contributed by atoms with Crippen molar-refractivity contribution in [2.45, 2.75) is 38.6 Å². The van der Waals surface area contributed by atoms with Crippen molar-refractivity contribution in [2.75, 3.05) is 13.1 Å². The maximum atomic E-state index is 4.50. The van der Waals surface area contributed by atoms with E-state index in [4.69, 9.17) is 0 Å². The van der Waals surface area contributed by atoms with Gasteiger partial charge in [-0.2, -0.15) is 0 Å². The molecule has 3 heterocycles. The van der Waals surface area contributed by atoms with Crippen molar-refractivity contribution in [2.24, 2.45) is 0 Å². The van der Waals surface area contributed by atoms with E-state index >= 15 is 0 Å². The number of aromatic nitrogens is 2. The van der Waals surface area contributed by atoms with Crippen molar-refractivity contribution in [1.82, 2.24) is 14.9 Å². The van der Waals surface area contributed by atoms with Crippen LogP contribution >= 0.6 is 11.3 Å². The Balaban J connectivity index is 1.49. The summed E-state index contributed by atoms with van der Waals surface area (Å²) in [6, 6.07) is 8.70. The summed E-state index contributed by atoms with van der Waals surface area (Å²) >= 11 is 1.72. The number of hydrogen-bond acceptors (Lipinski definition) is 3. The molecule has 0 bridgehead atoms. The zero-order chi connectivity index (χ0) is 15.6. The van der Waals surface area contributed by atoms with Crippen LogP contribution in [0.2, 0.25) is 0 Å². The smallest absolute Gasteiger partial charge is 0.0794 e. The maximum absolute atomic E-state index is 4.50. The van der Waals surface area contributed by atoms with E-state index in [1.165, 1.54) is 53.8 Å². The number of aromatic amines is 1. The number of aryl methyl sites for hydroxylation is 1. The second-order valence-corrected chi connectivity index (χ2v) is 7.16. The quantitative estimate of drug-likeness (QED) is 0.762. The molecule has 3 nitrogen and oxygen atoms in total. The van der Waals surface area contributed by atoms with Gasteiger partial charge in [-0.3, -0.25) is 4.90 Å². The molecule has 0 atom stereocenters. The SMILES string of the molecule is CCc1[nH]c2ccccc2c1CN1CCC(c2cscn2)CC1. The average molecular weight is 325 g/mol. The molecule has 4 heteroatoms. The molecule has 120 valence electrons. The lowest BCUT2D eigenvalue weighted by Gasteiger charge is -2.31. The monoisotopic (exact) mass is 325 g/mol. The van der Waals surface area contributed by atoms with Crippen LogP contribution in [0.5, 0.6) is 0 Å². The van der Waals surface area contributed by atoms with Crippen LogP contribution in [0, 0.1) is 0 Å². The molecule has 3 aromatic rings. The Kier molecular flexibility index (Phi) is 4.19. The van der Waals surface area contributed by atoms with Crippen molar-refractivity contribution in [1.29, 1.82) is 0 Å². The highest BCUT2D eigenvalue weighted by Crippen LogP contribution is 2.30. The molecule has 1 aliphatic rings. The molecule has 1 aromatic carbocycles. The van der Waals surface area contributed by atoms with Gasteiger partial charge in [0, 0.05) is 34.4 Å². The number of benzene rings is 1. The Labute approximate surface area is 141 Å². The molecule has 0 unspecified atom stereocenters. The fourth-order valence-corrected chi connectivity index (χ4v) is 4.41. The van der Waals surface area contributed by atoms with Gasteiger partial charge in [0.1, 0.15) is 0 Å². The molecule has 0 radical (unpaired) electrons.